The van der Waals surface area contributed by atoms with Gasteiger partial charge >= 0.3 is 0 Å². The first-order valence-electron chi connectivity index (χ1n) is 7.78. The SMILES string of the molecule is COc1ccccc1[C@H]1CC[C@@H](C)CN1CCCS(N)(=O)=O. The van der Waals surface area contributed by atoms with Crippen molar-refractivity contribution >= 4 is 10.0 Å². The summed E-state index contributed by atoms with van der Waals surface area (Å²) in [5.41, 5.74) is 1.19. The number of ether oxygens (including phenoxy) is 1. The van der Waals surface area contributed by atoms with Gasteiger partial charge in [-0.3, -0.25) is 4.90 Å². The van der Waals surface area contributed by atoms with E-state index in [1.807, 2.05) is 18.2 Å². The monoisotopic (exact) mass is 326 g/mol. The number of sulfonamides is 1. The first kappa shape index (κ1) is 17.2. The molecule has 0 bridgehead atoms. The fourth-order valence-corrected chi connectivity index (χ4v) is 3.79. The molecular weight excluding hydrogens is 300 g/mol. The van der Waals surface area contributed by atoms with E-state index in [1.165, 1.54) is 12.0 Å². The van der Waals surface area contributed by atoms with E-state index in [-0.39, 0.29) is 11.8 Å². The fraction of sp³-hybridized carbons (Fsp3) is 0.625. The van der Waals surface area contributed by atoms with E-state index in [9.17, 15) is 8.42 Å². The smallest absolute Gasteiger partial charge is 0.209 e. The largest absolute Gasteiger partial charge is 0.496 e. The highest BCUT2D eigenvalue weighted by Crippen LogP contribution is 2.37. The number of primary sulfonamides is 1. The number of benzene rings is 1. The molecule has 1 aromatic rings. The molecule has 2 rings (SSSR count). The van der Waals surface area contributed by atoms with Crippen molar-refractivity contribution in [2.75, 3.05) is 26.0 Å². The van der Waals surface area contributed by atoms with Gasteiger partial charge in [-0.25, -0.2) is 13.6 Å². The van der Waals surface area contributed by atoms with E-state index in [1.54, 1.807) is 7.11 Å². The molecule has 2 atom stereocenters. The van der Waals surface area contributed by atoms with Crippen LogP contribution in [-0.2, 0) is 10.0 Å². The van der Waals surface area contributed by atoms with Crippen molar-refractivity contribution in [3.05, 3.63) is 29.8 Å². The standard InChI is InChI=1S/C16H26N2O3S/c1-13-8-9-15(14-6-3-4-7-16(14)21-2)18(12-13)10-5-11-22(17,19)20/h3-4,6-7,13,15H,5,8-12H2,1-2H3,(H2,17,19,20)/t13-,15-/m1/s1. The second kappa shape index (κ2) is 7.44. The minimum absolute atomic E-state index is 0.0382. The van der Waals surface area contributed by atoms with Gasteiger partial charge in [-0.1, -0.05) is 25.1 Å². The van der Waals surface area contributed by atoms with Crippen LogP contribution in [-0.4, -0.2) is 39.3 Å². The molecular formula is C16H26N2O3S. The Bertz CT molecular complexity index is 589. The molecule has 0 radical (unpaired) electrons. The number of likely N-dealkylation sites (tertiary alicyclic amines) is 1. The predicted octanol–water partition coefficient (Wildman–Crippen LogP) is 2.15. The normalized spacial score (nSPS) is 23.4. The van der Waals surface area contributed by atoms with Crippen molar-refractivity contribution in [2.24, 2.45) is 11.1 Å². The van der Waals surface area contributed by atoms with E-state index in [2.05, 4.69) is 17.9 Å². The van der Waals surface area contributed by atoms with E-state index < -0.39 is 10.0 Å². The molecule has 0 saturated carbocycles. The van der Waals surface area contributed by atoms with Gasteiger partial charge in [-0.15, -0.1) is 0 Å². The Kier molecular flexibility index (Phi) is 5.83. The van der Waals surface area contributed by atoms with Crippen molar-refractivity contribution in [1.29, 1.82) is 0 Å². The average Bonchev–Trinajstić information content (AvgIpc) is 2.46. The Morgan fingerprint density at radius 3 is 2.73 bits per heavy atom. The highest BCUT2D eigenvalue weighted by Gasteiger charge is 2.29. The molecule has 6 heteroatoms. The first-order valence-corrected chi connectivity index (χ1v) is 9.49. The lowest BCUT2D eigenvalue weighted by atomic mass is 9.89. The Labute approximate surface area is 133 Å². The third kappa shape index (κ3) is 4.69. The van der Waals surface area contributed by atoms with Crippen LogP contribution in [0.15, 0.2) is 24.3 Å². The van der Waals surface area contributed by atoms with Crippen molar-refractivity contribution in [1.82, 2.24) is 4.90 Å². The van der Waals surface area contributed by atoms with Gasteiger partial charge in [0.25, 0.3) is 0 Å². The second-order valence-corrected chi connectivity index (χ2v) is 7.89. The third-order valence-electron chi connectivity index (χ3n) is 4.29. The number of nitrogens with two attached hydrogens (primary N) is 1. The number of nitrogens with zero attached hydrogens (tertiary/aromatic N) is 1. The average molecular weight is 326 g/mol. The molecule has 22 heavy (non-hydrogen) atoms. The number of para-hydroxylation sites is 1. The zero-order valence-corrected chi connectivity index (χ0v) is 14.2. The molecule has 2 N–H and O–H groups in total. The van der Waals surface area contributed by atoms with Gasteiger partial charge in [0.2, 0.25) is 10.0 Å². The summed E-state index contributed by atoms with van der Waals surface area (Å²) < 4.78 is 27.7. The van der Waals surface area contributed by atoms with Crippen LogP contribution in [0.25, 0.3) is 0 Å². The molecule has 0 aliphatic carbocycles. The molecule has 1 aliphatic heterocycles. The summed E-state index contributed by atoms with van der Waals surface area (Å²) in [7, 11) is -1.69. The van der Waals surface area contributed by atoms with E-state index >= 15 is 0 Å². The van der Waals surface area contributed by atoms with Crippen LogP contribution in [0.1, 0.15) is 37.8 Å². The fourth-order valence-electron chi connectivity index (χ4n) is 3.25. The van der Waals surface area contributed by atoms with Gasteiger partial charge in [-0.05, 0) is 37.8 Å². The third-order valence-corrected chi connectivity index (χ3v) is 5.15. The van der Waals surface area contributed by atoms with Crippen LogP contribution in [0.4, 0.5) is 0 Å². The molecule has 1 heterocycles. The van der Waals surface area contributed by atoms with Crippen molar-refractivity contribution in [3.63, 3.8) is 0 Å². The lowest BCUT2D eigenvalue weighted by Gasteiger charge is -2.39. The van der Waals surface area contributed by atoms with Crippen molar-refractivity contribution < 1.29 is 13.2 Å². The molecule has 0 amide bonds. The molecule has 1 aliphatic rings. The summed E-state index contributed by atoms with van der Waals surface area (Å²) >= 11 is 0. The highest BCUT2D eigenvalue weighted by atomic mass is 32.2. The Balaban J connectivity index is 2.12. The maximum Gasteiger partial charge on any atom is 0.209 e. The quantitative estimate of drug-likeness (QED) is 0.869. The lowest BCUT2D eigenvalue weighted by Crippen LogP contribution is -2.38. The van der Waals surface area contributed by atoms with Crippen LogP contribution in [0.5, 0.6) is 5.75 Å². The molecule has 0 spiro atoms. The maximum absolute atomic E-state index is 11.1. The van der Waals surface area contributed by atoms with Gasteiger partial charge in [0.05, 0.1) is 12.9 Å². The van der Waals surface area contributed by atoms with Crippen LogP contribution in [0.2, 0.25) is 0 Å². The van der Waals surface area contributed by atoms with Gasteiger partial charge in [0.1, 0.15) is 5.75 Å². The minimum Gasteiger partial charge on any atom is -0.496 e. The minimum atomic E-state index is -3.38. The van der Waals surface area contributed by atoms with E-state index in [0.29, 0.717) is 12.3 Å². The summed E-state index contributed by atoms with van der Waals surface area (Å²) in [5, 5.41) is 5.10. The number of hydrogen-bond donors (Lipinski definition) is 1. The van der Waals surface area contributed by atoms with E-state index in [4.69, 9.17) is 9.88 Å². The molecule has 124 valence electrons. The molecule has 0 aromatic heterocycles. The zero-order valence-electron chi connectivity index (χ0n) is 13.4. The molecule has 1 saturated heterocycles. The van der Waals surface area contributed by atoms with Crippen molar-refractivity contribution in [3.8, 4) is 5.75 Å². The van der Waals surface area contributed by atoms with Gasteiger partial charge in [0.15, 0.2) is 0 Å². The zero-order chi connectivity index (χ0) is 16.2. The molecule has 0 unspecified atom stereocenters. The topological polar surface area (TPSA) is 72.6 Å². The number of rotatable bonds is 6. The summed E-state index contributed by atoms with van der Waals surface area (Å²) in [6.45, 7) is 3.96. The van der Waals surface area contributed by atoms with Crippen molar-refractivity contribution in [2.45, 2.75) is 32.2 Å². The van der Waals surface area contributed by atoms with Gasteiger partial charge in [-0.2, -0.15) is 0 Å². The number of hydrogen-bond acceptors (Lipinski definition) is 4. The summed E-state index contributed by atoms with van der Waals surface area (Å²) in [6, 6.07) is 8.37. The first-order chi connectivity index (χ1) is 10.4. The Morgan fingerprint density at radius 2 is 2.05 bits per heavy atom. The van der Waals surface area contributed by atoms with Gasteiger partial charge < -0.3 is 4.74 Å². The molecule has 1 aromatic carbocycles. The molecule has 5 nitrogen and oxygen atoms in total. The second-order valence-electron chi connectivity index (χ2n) is 6.16. The van der Waals surface area contributed by atoms with Crippen LogP contribution < -0.4 is 9.88 Å². The van der Waals surface area contributed by atoms with Crippen LogP contribution >= 0.6 is 0 Å². The van der Waals surface area contributed by atoms with Gasteiger partial charge in [0, 0.05) is 18.2 Å². The Hall–Kier alpha value is -1.11. The number of piperidine rings is 1. The molecule has 1 fully saturated rings. The summed E-state index contributed by atoms with van der Waals surface area (Å²) in [4.78, 5) is 2.37. The lowest BCUT2D eigenvalue weighted by molar-refractivity contribution is 0.112. The van der Waals surface area contributed by atoms with Crippen LogP contribution in [0.3, 0.4) is 0 Å². The van der Waals surface area contributed by atoms with Crippen LogP contribution in [0, 0.1) is 5.92 Å². The maximum atomic E-state index is 11.1. The van der Waals surface area contributed by atoms with E-state index in [0.717, 1.165) is 25.3 Å². The highest BCUT2D eigenvalue weighted by molar-refractivity contribution is 7.89. The number of methoxy groups -OCH3 is 1. The summed E-state index contributed by atoms with van der Waals surface area (Å²) in [6.07, 6.45) is 2.81. The predicted molar refractivity (Wildman–Crippen MR) is 88.3 cm³/mol. The summed E-state index contributed by atoms with van der Waals surface area (Å²) in [5.74, 6) is 1.57. The Morgan fingerprint density at radius 1 is 1.32 bits per heavy atom.